The third-order valence-electron chi connectivity index (χ3n) is 2.64. The van der Waals surface area contributed by atoms with Gasteiger partial charge < -0.3 is 9.73 Å². The lowest BCUT2D eigenvalue weighted by molar-refractivity contribution is 0.484. The van der Waals surface area contributed by atoms with Crippen molar-refractivity contribution in [2.45, 2.75) is 26.3 Å². The van der Waals surface area contributed by atoms with Gasteiger partial charge in [0.1, 0.15) is 0 Å². The molecule has 0 aliphatic carbocycles. The monoisotopic (exact) mass is 386 g/mol. The molecule has 0 radical (unpaired) electrons. The first-order valence-electron chi connectivity index (χ1n) is 6.20. The van der Waals surface area contributed by atoms with Crippen molar-refractivity contribution in [3.8, 4) is 11.3 Å². The average molecular weight is 388 g/mol. The van der Waals surface area contributed by atoms with Crippen LogP contribution in [0.4, 0.5) is 0 Å². The first kappa shape index (κ1) is 14.8. The van der Waals surface area contributed by atoms with Crippen LogP contribution < -0.4 is 5.32 Å². The standard InChI is InChI=1S/C14H16Br2N2O/c1-9(2)17-6-5-14-18-8-13(19-14)11-7-10(15)3-4-12(11)16/h3-4,7-9,17H,5-6H2,1-2H3. The maximum atomic E-state index is 5.79. The minimum absolute atomic E-state index is 0.480. The molecular weight excluding hydrogens is 372 g/mol. The Bertz CT molecular complexity index is 552. The molecule has 0 saturated carbocycles. The summed E-state index contributed by atoms with van der Waals surface area (Å²) in [5.74, 6) is 1.54. The Morgan fingerprint density at radius 3 is 2.84 bits per heavy atom. The van der Waals surface area contributed by atoms with Crippen molar-refractivity contribution in [3.05, 3.63) is 39.2 Å². The molecule has 102 valence electrons. The molecule has 2 rings (SSSR count). The number of rotatable bonds is 5. The second-order valence-corrected chi connectivity index (χ2v) is 6.37. The maximum absolute atomic E-state index is 5.79. The van der Waals surface area contributed by atoms with E-state index in [0.717, 1.165) is 39.1 Å². The number of halogens is 2. The lowest BCUT2D eigenvalue weighted by atomic mass is 10.2. The molecule has 1 aromatic heterocycles. The summed E-state index contributed by atoms with van der Waals surface area (Å²) >= 11 is 6.99. The van der Waals surface area contributed by atoms with Crippen molar-refractivity contribution in [1.29, 1.82) is 0 Å². The molecule has 0 saturated heterocycles. The summed E-state index contributed by atoms with van der Waals surface area (Å²) in [5.41, 5.74) is 1.00. The van der Waals surface area contributed by atoms with Crippen LogP contribution in [0.3, 0.4) is 0 Å². The number of nitrogens with zero attached hydrogens (tertiary/aromatic N) is 1. The van der Waals surface area contributed by atoms with Crippen LogP contribution in [0, 0.1) is 0 Å². The van der Waals surface area contributed by atoms with Gasteiger partial charge >= 0.3 is 0 Å². The lowest BCUT2D eigenvalue weighted by Gasteiger charge is -2.05. The molecule has 1 heterocycles. The minimum atomic E-state index is 0.480. The zero-order chi connectivity index (χ0) is 13.8. The molecule has 0 unspecified atom stereocenters. The number of aromatic nitrogens is 1. The van der Waals surface area contributed by atoms with E-state index in [2.05, 4.69) is 56.0 Å². The molecule has 5 heteroatoms. The van der Waals surface area contributed by atoms with Gasteiger partial charge in [0, 0.05) is 33.5 Å². The SMILES string of the molecule is CC(C)NCCc1ncc(-c2cc(Br)ccc2Br)o1. The van der Waals surface area contributed by atoms with E-state index >= 15 is 0 Å². The van der Waals surface area contributed by atoms with Crippen molar-refractivity contribution in [2.75, 3.05) is 6.54 Å². The maximum Gasteiger partial charge on any atom is 0.196 e. The van der Waals surface area contributed by atoms with Crippen LogP contribution in [-0.2, 0) is 6.42 Å². The van der Waals surface area contributed by atoms with Gasteiger partial charge in [0.25, 0.3) is 0 Å². The zero-order valence-corrected chi connectivity index (χ0v) is 14.1. The van der Waals surface area contributed by atoms with Gasteiger partial charge in [-0.2, -0.15) is 0 Å². The number of hydrogen-bond acceptors (Lipinski definition) is 3. The van der Waals surface area contributed by atoms with Crippen LogP contribution in [-0.4, -0.2) is 17.6 Å². The summed E-state index contributed by atoms with van der Waals surface area (Å²) in [4.78, 5) is 4.32. The number of nitrogens with one attached hydrogen (secondary N) is 1. The molecule has 0 atom stereocenters. The van der Waals surface area contributed by atoms with Crippen LogP contribution in [0.1, 0.15) is 19.7 Å². The molecule has 0 spiro atoms. The van der Waals surface area contributed by atoms with Gasteiger partial charge in [-0.05, 0) is 18.2 Å². The summed E-state index contributed by atoms with van der Waals surface area (Å²) in [5, 5.41) is 3.35. The van der Waals surface area contributed by atoms with Crippen LogP contribution >= 0.6 is 31.9 Å². The molecule has 1 N–H and O–H groups in total. The van der Waals surface area contributed by atoms with Crippen LogP contribution in [0.25, 0.3) is 11.3 Å². The Balaban J connectivity index is 2.10. The van der Waals surface area contributed by atoms with Gasteiger partial charge in [-0.3, -0.25) is 0 Å². The molecule has 2 aromatic rings. The van der Waals surface area contributed by atoms with E-state index in [1.165, 1.54) is 0 Å². The smallest absolute Gasteiger partial charge is 0.196 e. The predicted octanol–water partition coefficient (Wildman–Crippen LogP) is 4.41. The van der Waals surface area contributed by atoms with Gasteiger partial charge in [0.2, 0.25) is 0 Å². The van der Waals surface area contributed by atoms with Gasteiger partial charge in [-0.15, -0.1) is 0 Å². The summed E-state index contributed by atoms with van der Waals surface area (Å²) < 4.78 is 7.80. The van der Waals surface area contributed by atoms with Gasteiger partial charge in [-0.25, -0.2) is 4.98 Å². The topological polar surface area (TPSA) is 38.1 Å². The summed E-state index contributed by atoms with van der Waals surface area (Å²) in [6.07, 6.45) is 2.57. The van der Waals surface area contributed by atoms with Gasteiger partial charge in [-0.1, -0.05) is 45.7 Å². The lowest BCUT2D eigenvalue weighted by Crippen LogP contribution is -2.24. The predicted molar refractivity (Wildman–Crippen MR) is 84.2 cm³/mol. The Morgan fingerprint density at radius 2 is 2.11 bits per heavy atom. The first-order chi connectivity index (χ1) is 9.06. The molecule has 19 heavy (non-hydrogen) atoms. The van der Waals surface area contributed by atoms with E-state index in [4.69, 9.17) is 4.42 Å². The van der Waals surface area contributed by atoms with E-state index in [1.807, 2.05) is 18.2 Å². The van der Waals surface area contributed by atoms with Crippen molar-refractivity contribution >= 4 is 31.9 Å². The van der Waals surface area contributed by atoms with Crippen LogP contribution in [0.15, 0.2) is 37.8 Å². The Labute approximate surface area is 130 Å². The quantitative estimate of drug-likeness (QED) is 0.825. The van der Waals surface area contributed by atoms with Crippen molar-refractivity contribution in [2.24, 2.45) is 0 Å². The highest BCUT2D eigenvalue weighted by Gasteiger charge is 2.10. The Kier molecular flexibility index (Phi) is 5.19. The summed E-state index contributed by atoms with van der Waals surface area (Å²) in [7, 11) is 0. The van der Waals surface area contributed by atoms with E-state index < -0.39 is 0 Å². The fraction of sp³-hybridized carbons (Fsp3) is 0.357. The van der Waals surface area contributed by atoms with E-state index in [0.29, 0.717) is 6.04 Å². The number of hydrogen-bond donors (Lipinski definition) is 1. The first-order valence-corrected chi connectivity index (χ1v) is 7.78. The fourth-order valence-electron chi connectivity index (χ4n) is 1.70. The highest BCUT2D eigenvalue weighted by Crippen LogP contribution is 2.31. The highest BCUT2D eigenvalue weighted by atomic mass is 79.9. The largest absolute Gasteiger partial charge is 0.441 e. The van der Waals surface area contributed by atoms with Gasteiger partial charge in [0.05, 0.1) is 6.20 Å². The highest BCUT2D eigenvalue weighted by molar-refractivity contribution is 9.11. The van der Waals surface area contributed by atoms with E-state index in [-0.39, 0.29) is 0 Å². The molecule has 0 fully saturated rings. The van der Waals surface area contributed by atoms with Crippen LogP contribution in [0.2, 0.25) is 0 Å². The minimum Gasteiger partial charge on any atom is -0.441 e. The van der Waals surface area contributed by atoms with Crippen LogP contribution in [0.5, 0.6) is 0 Å². The number of oxazole rings is 1. The van der Waals surface area contributed by atoms with E-state index in [1.54, 1.807) is 6.20 Å². The van der Waals surface area contributed by atoms with Crippen molar-refractivity contribution in [1.82, 2.24) is 10.3 Å². The van der Waals surface area contributed by atoms with Crippen molar-refractivity contribution in [3.63, 3.8) is 0 Å². The average Bonchev–Trinajstić information content (AvgIpc) is 2.80. The molecule has 3 nitrogen and oxygen atoms in total. The number of benzene rings is 1. The molecule has 0 aliphatic heterocycles. The molecule has 0 bridgehead atoms. The normalized spacial score (nSPS) is 11.2. The third kappa shape index (κ3) is 4.16. The van der Waals surface area contributed by atoms with Gasteiger partial charge in [0.15, 0.2) is 11.7 Å². The zero-order valence-electron chi connectivity index (χ0n) is 10.9. The summed E-state index contributed by atoms with van der Waals surface area (Å²) in [6, 6.07) is 6.47. The molecular formula is C14H16Br2N2O. The Hall–Kier alpha value is -0.650. The fourth-order valence-corrected chi connectivity index (χ4v) is 2.51. The molecule has 1 aromatic carbocycles. The molecule has 0 amide bonds. The second-order valence-electron chi connectivity index (χ2n) is 4.60. The second kappa shape index (κ2) is 6.68. The third-order valence-corrected chi connectivity index (χ3v) is 3.82. The molecule has 0 aliphatic rings. The summed E-state index contributed by atoms with van der Waals surface area (Å²) in [6.45, 7) is 5.12. The van der Waals surface area contributed by atoms with E-state index in [9.17, 15) is 0 Å². The Morgan fingerprint density at radius 1 is 1.32 bits per heavy atom. The van der Waals surface area contributed by atoms with Crippen molar-refractivity contribution < 1.29 is 4.42 Å².